The molecule has 1 aromatic rings. The van der Waals surface area contributed by atoms with Crippen molar-refractivity contribution in [3.63, 3.8) is 0 Å². The van der Waals surface area contributed by atoms with Gasteiger partial charge in [-0.1, -0.05) is 6.42 Å². The number of anilines is 1. The van der Waals surface area contributed by atoms with E-state index in [0.29, 0.717) is 5.82 Å². The fraction of sp³-hybridized carbons (Fsp3) is 0.667. The first-order valence-electron chi connectivity index (χ1n) is 7.54. The fourth-order valence-electron chi connectivity index (χ4n) is 2.61. The summed E-state index contributed by atoms with van der Waals surface area (Å²) in [5, 5.41) is 9.58. The molecule has 22 heavy (non-hydrogen) atoms. The topological polar surface area (TPSA) is 85.3 Å². The molecule has 2 amide bonds. The molecule has 2 rings (SSSR count). The highest BCUT2D eigenvalue weighted by Crippen LogP contribution is 2.28. The molecule has 0 spiro atoms. The third-order valence-corrected chi connectivity index (χ3v) is 3.60. The summed E-state index contributed by atoms with van der Waals surface area (Å²) in [5.41, 5.74) is -0.513. The highest BCUT2D eigenvalue weighted by molar-refractivity contribution is 5.89. The van der Waals surface area contributed by atoms with Crippen LogP contribution in [-0.4, -0.2) is 33.4 Å². The monoisotopic (exact) mass is 308 g/mol. The van der Waals surface area contributed by atoms with E-state index < -0.39 is 5.60 Å². The maximum absolute atomic E-state index is 12.2. The summed E-state index contributed by atoms with van der Waals surface area (Å²) < 4.78 is 7.00. The number of carbonyl (C=O) groups is 2. The number of aryl methyl sites for hydroxylation is 1. The number of hydrogen-bond donors (Lipinski definition) is 2. The van der Waals surface area contributed by atoms with Crippen molar-refractivity contribution < 1.29 is 14.3 Å². The Bertz CT molecular complexity index is 547. The standard InChI is InChI=1S/C15H24N4O3/c1-15(2,3)22-13(20)10-6-5-7-11(10)17-14(21)18-12-8-9-16-19(12)4/h8-11H,5-7H2,1-4H3,(H2,17,18,21)/t10-,11+/m0/s1. The van der Waals surface area contributed by atoms with Gasteiger partial charge in [-0.2, -0.15) is 5.10 Å². The van der Waals surface area contributed by atoms with E-state index in [2.05, 4.69) is 15.7 Å². The number of amides is 2. The van der Waals surface area contributed by atoms with Crippen LogP contribution in [0.5, 0.6) is 0 Å². The van der Waals surface area contributed by atoms with E-state index in [1.165, 1.54) is 0 Å². The number of urea groups is 1. The first kappa shape index (κ1) is 16.3. The van der Waals surface area contributed by atoms with Gasteiger partial charge in [-0.15, -0.1) is 0 Å². The number of aromatic nitrogens is 2. The third kappa shape index (κ3) is 4.22. The molecule has 0 aromatic carbocycles. The zero-order chi connectivity index (χ0) is 16.3. The lowest BCUT2D eigenvalue weighted by atomic mass is 10.0. The van der Waals surface area contributed by atoms with Crippen molar-refractivity contribution in [2.45, 2.75) is 51.7 Å². The summed E-state index contributed by atoms with van der Waals surface area (Å²) in [6.45, 7) is 5.53. The lowest BCUT2D eigenvalue weighted by molar-refractivity contribution is -0.160. The minimum atomic E-state index is -0.513. The summed E-state index contributed by atoms with van der Waals surface area (Å²) in [6.07, 6.45) is 4.03. The zero-order valence-corrected chi connectivity index (χ0v) is 13.5. The van der Waals surface area contributed by atoms with Gasteiger partial charge in [0.05, 0.1) is 12.1 Å². The normalized spacial score (nSPS) is 21.5. The molecule has 2 N–H and O–H groups in total. The van der Waals surface area contributed by atoms with Crippen LogP contribution in [0.15, 0.2) is 12.3 Å². The molecule has 0 aliphatic heterocycles. The Morgan fingerprint density at radius 3 is 2.68 bits per heavy atom. The van der Waals surface area contributed by atoms with Crippen LogP contribution in [0.2, 0.25) is 0 Å². The molecule has 1 fully saturated rings. The molecule has 1 aliphatic rings. The molecule has 1 heterocycles. The van der Waals surface area contributed by atoms with E-state index in [9.17, 15) is 9.59 Å². The first-order chi connectivity index (χ1) is 10.3. The van der Waals surface area contributed by atoms with Crippen LogP contribution in [0, 0.1) is 5.92 Å². The molecule has 1 saturated carbocycles. The van der Waals surface area contributed by atoms with Crippen LogP contribution in [0.3, 0.4) is 0 Å². The van der Waals surface area contributed by atoms with Crippen molar-refractivity contribution in [1.29, 1.82) is 0 Å². The van der Waals surface area contributed by atoms with Gasteiger partial charge in [-0.3, -0.25) is 14.8 Å². The maximum Gasteiger partial charge on any atom is 0.320 e. The van der Waals surface area contributed by atoms with E-state index in [0.717, 1.165) is 19.3 Å². The zero-order valence-electron chi connectivity index (χ0n) is 13.5. The molecule has 1 aromatic heterocycles. The number of ether oxygens (including phenoxy) is 1. The fourth-order valence-corrected chi connectivity index (χ4v) is 2.61. The SMILES string of the molecule is Cn1nccc1NC(=O)N[C@@H]1CCC[C@@H]1C(=O)OC(C)(C)C. The van der Waals surface area contributed by atoms with Crippen molar-refractivity contribution in [2.75, 3.05) is 5.32 Å². The second kappa shape index (κ2) is 6.37. The summed E-state index contributed by atoms with van der Waals surface area (Å²) in [6, 6.07) is 1.19. The van der Waals surface area contributed by atoms with Gasteiger partial charge in [0.15, 0.2) is 0 Å². The lowest BCUT2D eigenvalue weighted by Gasteiger charge is -2.25. The first-order valence-corrected chi connectivity index (χ1v) is 7.54. The molecular weight excluding hydrogens is 284 g/mol. The van der Waals surface area contributed by atoms with Crippen molar-refractivity contribution in [3.05, 3.63) is 12.3 Å². The van der Waals surface area contributed by atoms with Crippen molar-refractivity contribution in [3.8, 4) is 0 Å². The molecule has 1 aliphatic carbocycles. The highest BCUT2D eigenvalue weighted by atomic mass is 16.6. The number of nitrogens with one attached hydrogen (secondary N) is 2. The summed E-state index contributed by atoms with van der Waals surface area (Å²) in [5.74, 6) is 0.0802. The third-order valence-electron chi connectivity index (χ3n) is 3.60. The molecule has 0 radical (unpaired) electrons. The smallest absolute Gasteiger partial charge is 0.320 e. The van der Waals surface area contributed by atoms with Crippen molar-refractivity contribution in [2.24, 2.45) is 13.0 Å². The molecule has 7 heteroatoms. The van der Waals surface area contributed by atoms with Gasteiger partial charge < -0.3 is 10.1 Å². The van der Waals surface area contributed by atoms with Gasteiger partial charge in [-0.25, -0.2) is 4.79 Å². The molecule has 122 valence electrons. The van der Waals surface area contributed by atoms with Crippen LogP contribution in [0.1, 0.15) is 40.0 Å². The Labute approximate surface area is 130 Å². The summed E-state index contributed by atoms with van der Waals surface area (Å²) in [7, 11) is 1.74. The van der Waals surface area contributed by atoms with Gasteiger partial charge in [-0.05, 0) is 33.6 Å². The molecule has 0 unspecified atom stereocenters. The van der Waals surface area contributed by atoms with Crippen molar-refractivity contribution in [1.82, 2.24) is 15.1 Å². The second-order valence-electron chi connectivity index (χ2n) is 6.62. The van der Waals surface area contributed by atoms with Crippen molar-refractivity contribution >= 4 is 17.8 Å². The van der Waals surface area contributed by atoms with Gasteiger partial charge >= 0.3 is 12.0 Å². The number of hydrogen-bond acceptors (Lipinski definition) is 4. The molecule has 7 nitrogen and oxygen atoms in total. The number of carbonyl (C=O) groups excluding carboxylic acids is 2. The predicted octanol–water partition coefficient (Wildman–Crippen LogP) is 2.05. The quantitative estimate of drug-likeness (QED) is 0.837. The molecule has 2 atom stereocenters. The number of rotatable bonds is 3. The van der Waals surface area contributed by atoms with E-state index in [4.69, 9.17) is 4.74 Å². The van der Waals surface area contributed by atoms with Crippen LogP contribution in [0.4, 0.5) is 10.6 Å². The Morgan fingerprint density at radius 1 is 1.36 bits per heavy atom. The summed E-state index contributed by atoms with van der Waals surface area (Å²) in [4.78, 5) is 24.3. The van der Waals surface area contributed by atoms with Gasteiger partial charge in [0.1, 0.15) is 11.4 Å². The lowest BCUT2D eigenvalue weighted by Crippen LogP contribution is -2.44. The van der Waals surface area contributed by atoms with Gasteiger partial charge in [0.25, 0.3) is 0 Å². The Kier molecular flexibility index (Phi) is 4.73. The minimum absolute atomic E-state index is 0.192. The Balaban J connectivity index is 1.92. The van der Waals surface area contributed by atoms with Gasteiger partial charge in [0, 0.05) is 19.2 Å². The molecular formula is C15H24N4O3. The maximum atomic E-state index is 12.2. The Morgan fingerprint density at radius 2 is 2.09 bits per heavy atom. The van der Waals surface area contributed by atoms with Crippen LogP contribution >= 0.6 is 0 Å². The molecule has 0 bridgehead atoms. The van der Waals surface area contributed by atoms with E-state index in [1.54, 1.807) is 24.0 Å². The second-order valence-corrected chi connectivity index (χ2v) is 6.62. The van der Waals surface area contributed by atoms with E-state index in [-0.39, 0.29) is 24.0 Å². The number of nitrogens with zero attached hydrogens (tertiary/aromatic N) is 2. The summed E-state index contributed by atoms with van der Waals surface area (Å²) >= 11 is 0. The molecule has 0 saturated heterocycles. The van der Waals surface area contributed by atoms with Gasteiger partial charge in [0.2, 0.25) is 0 Å². The highest BCUT2D eigenvalue weighted by Gasteiger charge is 2.36. The number of esters is 1. The van der Waals surface area contributed by atoms with E-state index in [1.807, 2.05) is 20.8 Å². The largest absolute Gasteiger partial charge is 0.460 e. The Hall–Kier alpha value is -2.05. The van der Waals surface area contributed by atoms with Crippen LogP contribution in [0.25, 0.3) is 0 Å². The van der Waals surface area contributed by atoms with E-state index >= 15 is 0 Å². The average molecular weight is 308 g/mol. The predicted molar refractivity (Wildman–Crippen MR) is 82.3 cm³/mol. The van der Waals surface area contributed by atoms with Crippen LogP contribution in [-0.2, 0) is 16.6 Å². The average Bonchev–Trinajstić information content (AvgIpc) is 2.97. The van der Waals surface area contributed by atoms with Crippen LogP contribution < -0.4 is 10.6 Å². The minimum Gasteiger partial charge on any atom is -0.460 e.